The molecule has 0 saturated carbocycles. The van der Waals surface area contributed by atoms with E-state index < -0.39 is 5.97 Å². The second kappa shape index (κ2) is 6.26. The first kappa shape index (κ1) is 16.1. The summed E-state index contributed by atoms with van der Waals surface area (Å²) in [5.74, 6) is -0.341. The molecule has 4 nitrogen and oxygen atoms in total. The normalized spacial score (nSPS) is 10.8. The molecule has 0 fully saturated rings. The van der Waals surface area contributed by atoms with E-state index in [1.807, 2.05) is 20.9 Å². The first-order valence-corrected chi connectivity index (χ1v) is 7.27. The van der Waals surface area contributed by atoms with Crippen LogP contribution in [0.15, 0.2) is 12.1 Å². The van der Waals surface area contributed by atoms with E-state index in [2.05, 4.69) is 5.10 Å². The molecule has 0 aliphatic heterocycles. The highest BCUT2D eigenvalue weighted by Crippen LogP contribution is 2.36. The Hall–Kier alpha value is -1.23. The van der Waals surface area contributed by atoms with Gasteiger partial charge in [0.25, 0.3) is 0 Å². The summed E-state index contributed by atoms with van der Waals surface area (Å²) in [6, 6.07) is 2.94. The second-order valence-corrected chi connectivity index (χ2v) is 5.87. The van der Waals surface area contributed by atoms with E-state index in [1.54, 1.807) is 4.68 Å². The van der Waals surface area contributed by atoms with E-state index >= 15 is 0 Å². The molecule has 21 heavy (non-hydrogen) atoms. The number of aromatic nitrogens is 2. The number of hydrogen-bond donors (Lipinski definition) is 0. The highest BCUT2D eigenvalue weighted by Gasteiger charge is 2.18. The van der Waals surface area contributed by atoms with E-state index in [9.17, 15) is 4.79 Å². The minimum absolute atomic E-state index is 0.0980. The van der Waals surface area contributed by atoms with E-state index in [-0.39, 0.29) is 22.2 Å². The summed E-state index contributed by atoms with van der Waals surface area (Å²) in [4.78, 5) is 12.1. The molecule has 0 aliphatic carbocycles. The zero-order valence-corrected chi connectivity index (χ0v) is 14.0. The Kier molecular flexibility index (Phi) is 4.81. The third-order valence-corrected chi connectivity index (χ3v) is 3.94. The largest absolute Gasteiger partial charge is 0.423 e. The van der Waals surface area contributed by atoms with Gasteiger partial charge in [-0.05, 0) is 26.0 Å². The van der Waals surface area contributed by atoms with Crippen molar-refractivity contribution in [3.8, 4) is 5.75 Å². The van der Waals surface area contributed by atoms with Gasteiger partial charge in [0.1, 0.15) is 0 Å². The topological polar surface area (TPSA) is 44.1 Å². The van der Waals surface area contributed by atoms with Gasteiger partial charge in [0.2, 0.25) is 0 Å². The monoisotopic (exact) mass is 346 g/mol. The number of rotatable bonds is 3. The van der Waals surface area contributed by atoms with Crippen LogP contribution in [0.1, 0.15) is 17.0 Å². The van der Waals surface area contributed by atoms with Gasteiger partial charge in [-0.15, -0.1) is 0 Å². The van der Waals surface area contributed by atoms with Crippen molar-refractivity contribution in [1.82, 2.24) is 9.78 Å². The van der Waals surface area contributed by atoms with Gasteiger partial charge in [0, 0.05) is 23.3 Å². The molecule has 0 amide bonds. The summed E-state index contributed by atoms with van der Waals surface area (Å²) >= 11 is 17.8. The van der Waals surface area contributed by atoms with Crippen molar-refractivity contribution in [2.24, 2.45) is 7.05 Å². The lowest BCUT2D eigenvalue weighted by atomic mass is 10.1. The molecule has 1 aromatic carbocycles. The number of aryl methyl sites for hydroxylation is 2. The zero-order valence-electron chi connectivity index (χ0n) is 11.7. The van der Waals surface area contributed by atoms with E-state index in [4.69, 9.17) is 39.5 Å². The van der Waals surface area contributed by atoms with Crippen molar-refractivity contribution >= 4 is 40.8 Å². The lowest BCUT2D eigenvalue weighted by molar-refractivity contribution is -0.133. The number of benzene rings is 1. The molecular weight excluding hydrogens is 335 g/mol. The summed E-state index contributed by atoms with van der Waals surface area (Å²) in [6.45, 7) is 3.74. The number of ether oxygens (including phenoxy) is 1. The van der Waals surface area contributed by atoms with Gasteiger partial charge in [-0.3, -0.25) is 9.48 Å². The highest BCUT2D eigenvalue weighted by molar-refractivity contribution is 6.40. The average molecular weight is 348 g/mol. The van der Waals surface area contributed by atoms with Crippen molar-refractivity contribution in [2.75, 3.05) is 0 Å². The Morgan fingerprint density at radius 1 is 1.24 bits per heavy atom. The number of esters is 1. The maximum atomic E-state index is 12.1. The van der Waals surface area contributed by atoms with E-state index in [0.29, 0.717) is 5.02 Å². The van der Waals surface area contributed by atoms with Crippen LogP contribution in [0, 0.1) is 13.8 Å². The van der Waals surface area contributed by atoms with Crippen molar-refractivity contribution in [3.05, 3.63) is 44.2 Å². The summed E-state index contributed by atoms with van der Waals surface area (Å²) in [5.41, 5.74) is 2.54. The van der Waals surface area contributed by atoms with Crippen LogP contribution in [0.2, 0.25) is 15.1 Å². The van der Waals surface area contributed by atoms with Crippen molar-refractivity contribution < 1.29 is 9.53 Å². The minimum Gasteiger partial charge on any atom is -0.423 e. The lowest BCUT2D eigenvalue weighted by Gasteiger charge is -2.09. The maximum Gasteiger partial charge on any atom is 0.315 e. The molecule has 2 aromatic rings. The molecule has 0 bridgehead atoms. The van der Waals surface area contributed by atoms with Crippen molar-refractivity contribution in [1.29, 1.82) is 0 Å². The Bertz CT molecular complexity index is 687. The Morgan fingerprint density at radius 2 is 1.81 bits per heavy atom. The Morgan fingerprint density at radius 3 is 2.29 bits per heavy atom. The van der Waals surface area contributed by atoms with Gasteiger partial charge in [-0.2, -0.15) is 5.10 Å². The standard InChI is InChI=1S/C14H13Cl3N2O2/c1-7-10(8(2)19(3)18-7)6-13(20)21-14-11(16)4-9(15)5-12(14)17/h4-5H,6H2,1-3H3. The van der Waals surface area contributed by atoms with Crippen LogP contribution >= 0.6 is 34.8 Å². The zero-order chi connectivity index (χ0) is 15.7. The highest BCUT2D eigenvalue weighted by atomic mass is 35.5. The smallest absolute Gasteiger partial charge is 0.315 e. The van der Waals surface area contributed by atoms with Crippen LogP contribution in [0.5, 0.6) is 5.75 Å². The third-order valence-electron chi connectivity index (χ3n) is 3.16. The molecule has 0 atom stereocenters. The van der Waals surface area contributed by atoms with Gasteiger partial charge in [0.15, 0.2) is 5.75 Å². The molecule has 0 radical (unpaired) electrons. The third kappa shape index (κ3) is 3.51. The number of halogens is 3. The average Bonchev–Trinajstić information content (AvgIpc) is 2.60. The van der Waals surface area contributed by atoms with Gasteiger partial charge >= 0.3 is 5.97 Å². The molecule has 0 N–H and O–H groups in total. The quantitative estimate of drug-likeness (QED) is 0.619. The van der Waals surface area contributed by atoms with Gasteiger partial charge < -0.3 is 4.74 Å². The number of carbonyl (C=O) groups excluding carboxylic acids is 1. The van der Waals surface area contributed by atoms with Crippen LogP contribution in [-0.2, 0) is 18.3 Å². The van der Waals surface area contributed by atoms with Crippen LogP contribution in [0.4, 0.5) is 0 Å². The van der Waals surface area contributed by atoms with E-state index in [0.717, 1.165) is 17.0 Å². The molecule has 2 rings (SSSR count). The van der Waals surface area contributed by atoms with Crippen LogP contribution in [0.3, 0.4) is 0 Å². The number of carbonyl (C=O) groups is 1. The summed E-state index contributed by atoms with van der Waals surface area (Å²) in [5, 5.41) is 5.02. The Balaban J connectivity index is 2.20. The molecular formula is C14H13Cl3N2O2. The fraction of sp³-hybridized carbons (Fsp3) is 0.286. The number of nitrogens with zero attached hydrogens (tertiary/aromatic N) is 2. The first-order valence-electron chi connectivity index (χ1n) is 6.14. The van der Waals surface area contributed by atoms with Gasteiger partial charge in [-0.1, -0.05) is 34.8 Å². The molecule has 112 valence electrons. The molecule has 0 saturated heterocycles. The second-order valence-electron chi connectivity index (χ2n) is 4.62. The van der Waals surface area contributed by atoms with Crippen molar-refractivity contribution in [2.45, 2.75) is 20.3 Å². The van der Waals surface area contributed by atoms with Gasteiger partial charge in [-0.25, -0.2) is 0 Å². The first-order chi connectivity index (χ1) is 9.79. The maximum absolute atomic E-state index is 12.1. The molecule has 0 unspecified atom stereocenters. The van der Waals surface area contributed by atoms with Crippen LogP contribution < -0.4 is 4.74 Å². The fourth-order valence-electron chi connectivity index (χ4n) is 1.99. The van der Waals surface area contributed by atoms with Crippen molar-refractivity contribution in [3.63, 3.8) is 0 Å². The van der Waals surface area contributed by atoms with Gasteiger partial charge in [0.05, 0.1) is 22.2 Å². The minimum atomic E-state index is -0.458. The van der Waals surface area contributed by atoms with Crippen LogP contribution in [0.25, 0.3) is 0 Å². The molecule has 7 heteroatoms. The fourth-order valence-corrected chi connectivity index (χ4v) is 2.89. The predicted octanol–water partition coefficient (Wildman–Crippen LogP) is 4.15. The molecule has 0 aliphatic rings. The Labute approximate surface area is 137 Å². The van der Waals surface area contributed by atoms with E-state index in [1.165, 1.54) is 12.1 Å². The number of hydrogen-bond acceptors (Lipinski definition) is 3. The lowest BCUT2D eigenvalue weighted by Crippen LogP contribution is -2.13. The van der Waals surface area contributed by atoms with Crippen LogP contribution in [-0.4, -0.2) is 15.7 Å². The predicted molar refractivity (Wildman–Crippen MR) is 83.5 cm³/mol. The summed E-state index contributed by atoms with van der Waals surface area (Å²) < 4.78 is 6.98. The molecule has 0 spiro atoms. The molecule has 1 aromatic heterocycles. The summed E-state index contributed by atoms with van der Waals surface area (Å²) in [7, 11) is 1.82. The summed E-state index contributed by atoms with van der Waals surface area (Å²) in [6.07, 6.45) is 0.0980. The SMILES string of the molecule is Cc1nn(C)c(C)c1CC(=O)Oc1c(Cl)cc(Cl)cc1Cl. The molecule has 1 heterocycles.